The van der Waals surface area contributed by atoms with Crippen LogP contribution >= 0.6 is 15.9 Å². The Hall–Kier alpha value is -1.07. The molecular formula is C13H18BrNO3. The maximum absolute atomic E-state index is 10.3. The largest absolute Gasteiger partial charge is 0.496 e. The maximum Gasteiger partial charge on any atom is 0.303 e. The predicted molar refractivity (Wildman–Crippen MR) is 73.9 cm³/mol. The van der Waals surface area contributed by atoms with E-state index in [0.29, 0.717) is 6.42 Å². The molecule has 0 unspecified atom stereocenters. The molecule has 0 aromatic heterocycles. The smallest absolute Gasteiger partial charge is 0.303 e. The van der Waals surface area contributed by atoms with E-state index in [9.17, 15) is 4.79 Å². The Morgan fingerprint density at radius 2 is 2.22 bits per heavy atom. The Kier molecular flexibility index (Phi) is 6.75. The molecule has 18 heavy (non-hydrogen) atoms. The molecule has 0 heterocycles. The van der Waals surface area contributed by atoms with Gasteiger partial charge in [0.25, 0.3) is 0 Å². The van der Waals surface area contributed by atoms with E-state index in [0.717, 1.165) is 35.3 Å². The van der Waals surface area contributed by atoms with Gasteiger partial charge in [0.05, 0.1) is 7.11 Å². The molecule has 2 N–H and O–H groups in total. The summed E-state index contributed by atoms with van der Waals surface area (Å²) in [5, 5.41) is 11.8. The Balaban J connectivity index is 2.30. The molecule has 0 fully saturated rings. The van der Waals surface area contributed by atoms with E-state index in [2.05, 4.69) is 21.2 Å². The average Bonchev–Trinajstić information content (AvgIpc) is 2.33. The molecule has 1 aromatic rings. The molecule has 0 aliphatic carbocycles. The molecule has 0 bridgehead atoms. The highest BCUT2D eigenvalue weighted by atomic mass is 79.9. The van der Waals surface area contributed by atoms with Crippen molar-refractivity contribution in [1.29, 1.82) is 0 Å². The third-order valence-electron chi connectivity index (χ3n) is 2.55. The number of carboxylic acid groups (broad SMARTS) is 1. The van der Waals surface area contributed by atoms with Crippen molar-refractivity contribution in [1.82, 2.24) is 5.32 Å². The minimum Gasteiger partial charge on any atom is -0.496 e. The molecule has 0 saturated heterocycles. The van der Waals surface area contributed by atoms with Crippen LogP contribution in [0.15, 0.2) is 22.7 Å². The summed E-state index contributed by atoms with van der Waals surface area (Å²) in [6.07, 6.45) is 1.81. The first-order valence-corrected chi connectivity index (χ1v) is 6.67. The number of hydrogen-bond acceptors (Lipinski definition) is 3. The van der Waals surface area contributed by atoms with Crippen molar-refractivity contribution < 1.29 is 14.6 Å². The second-order valence-corrected chi connectivity index (χ2v) is 4.90. The summed E-state index contributed by atoms with van der Waals surface area (Å²) in [7, 11) is 1.65. The molecule has 4 nitrogen and oxygen atoms in total. The number of carbonyl (C=O) groups is 1. The van der Waals surface area contributed by atoms with Crippen LogP contribution in [0.4, 0.5) is 0 Å². The number of carboxylic acids is 1. The highest BCUT2D eigenvalue weighted by Gasteiger charge is 2.03. The first-order chi connectivity index (χ1) is 8.63. The molecule has 0 aliphatic rings. The van der Waals surface area contributed by atoms with Crippen molar-refractivity contribution >= 4 is 21.9 Å². The second-order valence-electron chi connectivity index (χ2n) is 3.98. The SMILES string of the molecule is COc1ccc(Br)cc1CNCCCCC(=O)O. The summed E-state index contributed by atoms with van der Waals surface area (Å²) in [5.74, 6) is 0.125. The van der Waals surface area contributed by atoms with Crippen LogP contribution in [0.3, 0.4) is 0 Å². The number of aliphatic carboxylic acids is 1. The van der Waals surface area contributed by atoms with Gasteiger partial charge in [0.2, 0.25) is 0 Å². The van der Waals surface area contributed by atoms with Gasteiger partial charge >= 0.3 is 5.97 Å². The predicted octanol–water partition coefficient (Wildman–Crippen LogP) is 2.80. The van der Waals surface area contributed by atoms with E-state index in [4.69, 9.17) is 9.84 Å². The summed E-state index contributed by atoms with van der Waals surface area (Å²) in [6.45, 7) is 1.53. The number of benzene rings is 1. The Labute approximate surface area is 115 Å². The van der Waals surface area contributed by atoms with Crippen molar-refractivity contribution in [3.63, 3.8) is 0 Å². The van der Waals surface area contributed by atoms with Crippen LogP contribution in [0.1, 0.15) is 24.8 Å². The molecule has 0 aliphatic heterocycles. The number of unbranched alkanes of at least 4 members (excludes halogenated alkanes) is 1. The van der Waals surface area contributed by atoms with E-state index in [-0.39, 0.29) is 6.42 Å². The molecule has 1 aromatic carbocycles. The van der Waals surface area contributed by atoms with Crippen molar-refractivity contribution in [2.75, 3.05) is 13.7 Å². The lowest BCUT2D eigenvalue weighted by molar-refractivity contribution is -0.137. The van der Waals surface area contributed by atoms with Crippen molar-refractivity contribution in [2.24, 2.45) is 0 Å². The lowest BCUT2D eigenvalue weighted by atomic mass is 10.2. The van der Waals surface area contributed by atoms with Gasteiger partial charge in [-0.3, -0.25) is 4.79 Å². The minimum atomic E-state index is -0.733. The molecular weight excluding hydrogens is 298 g/mol. The standard InChI is InChI=1S/C13H18BrNO3/c1-18-12-6-5-11(14)8-10(12)9-15-7-3-2-4-13(16)17/h5-6,8,15H,2-4,7,9H2,1H3,(H,16,17). The lowest BCUT2D eigenvalue weighted by Gasteiger charge is -2.10. The molecule has 0 radical (unpaired) electrons. The Morgan fingerprint density at radius 3 is 2.89 bits per heavy atom. The summed E-state index contributed by atoms with van der Waals surface area (Å²) in [4.78, 5) is 10.3. The van der Waals surface area contributed by atoms with E-state index in [1.54, 1.807) is 7.11 Å². The zero-order chi connectivity index (χ0) is 13.4. The van der Waals surface area contributed by atoms with Gasteiger partial charge in [-0.05, 0) is 37.6 Å². The average molecular weight is 316 g/mol. The number of methoxy groups -OCH3 is 1. The molecule has 5 heteroatoms. The number of hydrogen-bond donors (Lipinski definition) is 2. The van der Waals surface area contributed by atoms with E-state index in [1.165, 1.54) is 0 Å². The van der Waals surface area contributed by atoms with Gasteiger partial charge in [-0.1, -0.05) is 15.9 Å². The zero-order valence-corrected chi connectivity index (χ0v) is 12.0. The van der Waals surface area contributed by atoms with Crippen LogP contribution in [-0.2, 0) is 11.3 Å². The van der Waals surface area contributed by atoms with Crippen LogP contribution in [0.25, 0.3) is 0 Å². The van der Waals surface area contributed by atoms with Crippen molar-refractivity contribution in [3.05, 3.63) is 28.2 Å². The molecule has 0 spiro atoms. The highest BCUT2D eigenvalue weighted by Crippen LogP contribution is 2.22. The van der Waals surface area contributed by atoms with Gasteiger partial charge in [-0.2, -0.15) is 0 Å². The third-order valence-corrected chi connectivity index (χ3v) is 3.05. The molecule has 100 valence electrons. The molecule has 1 rings (SSSR count). The fraction of sp³-hybridized carbons (Fsp3) is 0.462. The summed E-state index contributed by atoms with van der Waals surface area (Å²) >= 11 is 3.43. The molecule has 0 saturated carbocycles. The van der Waals surface area contributed by atoms with Crippen molar-refractivity contribution in [2.45, 2.75) is 25.8 Å². The highest BCUT2D eigenvalue weighted by molar-refractivity contribution is 9.10. The van der Waals surface area contributed by atoms with Crippen LogP contribution < -0.4 is 10.1 Å². The first-order valence-electron chi connectivity index (χ1n) is 5.88. The number of ether oxygens (including phenoxy) is 1. The first kappa shape index (κ1) is 15.0. The fourth-order valence-corrected chi connectivity index (χ4v) is 2.04. The minimum absolute atomic E-state index is 0.238. The fourth-order valence-electron chi connectivity index (χ4n) is 1.63. The van der Waals surface area contributed by atoms with E-state index >= 15 is 0 Å². The summed E-state index contributed by atoms with van der Waals surface area (Å²) in [6, 6.07) is 5.88. The Morgan fingerprint density at radius 1 is 1.44 bits per heavy atom. The molecule has 0 amide bonds. The monoisotopic (exact) mass is 315 g/mol. The summed E-state index contributed by atoms with van der Waals surface area (Å²) in [5.41, 5.74) is 1.09. The van der Waals surface area contributed by atoms with E-state index in [1.807, 2.05) is 18.2 Å². The van der Waals surface area contributed by atoms with Gasteiger partial charge in [-0.15, -0.1) is 0 Å². The van der Waals surface area contributed by atoms with Crippen LogP contribution in [0.2, 0.25) is 0 Å². The quantitative estimate of drug-likeness (QED) is 0.724. The Bertz CT molecular complexity index is 396. The third kappa shape index (κ3) is 5.51. The van der Waals surface area contributed by atoms with Crippen LogP contribution in [0, 0.1) is 0 Å². The van der Waals surface area contributed by atoms with Gasteiger partial charge in [0.1, 0.15) is 5.75 Å². The topological polar surface area (TPSA) is 58.6 Å². The summed E-state index contributed by atoms with van der Waals surface area (Å²) < 4.78 is 6.29. The second kappa shape index (κ2) is 8.11. The van der Waals surface area contributed by atoms with Gasteiger partial charge in [-0.25, -0.2) is 0 Å². The number of rotatable bonds is 8. The normalized spacial score (nSPS) is 10.3. The van der Waals surface area contributed by atoms with E-state index < -0.39 is 5.97 Å². The molecule has 0 atom stereocenters. The van der Waals surface area contributed by atoms with Crippen molar-refractivity contribution in [3.8, 4) is 5.75 Å². The van der Waals surface area contributed by atoms with Crippen LogP contribution in [-0.4, -0.2) is 24.7 Å². The van der Waals surface area contributed by atoms with Gasteiger partial charge in [0, 0.05) is 23.0 Å². The van der Waals surface area contributed by atoms with Gasteiger partial charge in [0.15, 0.2) is 0 Å². The number of nitrogens with one attached hydrogen (secondary N) is 1. The van der Waals surface area contributed by atoms with Gasteiger partial charge < -0.3 is 15.2 Å². The van der Waals surface area contributed by atoms with Crippen LogP contribution in [0.5, 0.6) is 5.75 Å². The lowest BCUT2D eigenvalue weighted by Crippen LogP contribution is -2.15. The zero-order valence-electron chi connectivity index (χ0n) is 10.4. The number of halogens is 1. The maximum atomic E-state index is 10.3.